The smallest absolute Gasteiger partial charge is 0.126 e. The number of hydrogen-bond donors (Lipinski definition) is 1. The molecule has 0 bridgehead atoms. The molecule has 0 saturated heterocycles. The predicted octanol–water partition coefficient (Wildman–Crippen LogP) is 4.46. The van der Waals surface area contributed by atoms with Crippen LogP contribution in [0.1, 0.15) is 37.8 Å². The fraction of sp³-hybridized carbons (Fsp3) is 0.375. The normalized spacial score (nSPS) is 11.9. The molecule has 0 spiro atoms. The van der Waals surface area contributed by atoms with Gasteiger partial charge in [-0.15, -0.1) is 12.4 Å². The van der Waals surface area contributed by atoms with Crippen molar-refractivity contribution in [3.05, 3.63) is 42.0 Å². The molecule has 104 valence electrons. The second-order valence-corrected chi connectivity index (χ2v) is 4.65. The summed E-state index contributed by atoms with van der Waals surface area (Å²) in [6.07, 6.45) is 3.39. The molecule has 0 aliphatic carbocycles. The van der Waals surface area contributed by atoms with Crippen LogP contribution in [-0.4, -0.2) is 7.11 Å². The first-order valence-electron chi connectivity index (χ1n) is 6.59. The fourth-order valence-electron chi connectivity index (χ4n) is 2.38. The van der Waals surface area contributed by atoms with Gasteiger partial charge in [-0.2, -0.15) is 0 Å². The lowest BCUT2D eigenvalue weighted by Crippen LogP contribution is -2.10. The van der Waals surface area contributed by atoms with E-state index >= 15 is 0 Å². The van der Waals surface area contributed by atoms with Crippen LogP contribution in [0.3, 0.4) is 0 Å². The monoisotopic (exact) mass is 279 g/mol. The van der Waals surface area contributed by atoms with E-state index in [1.54, 1.807) is 7.11 Å². The number of methoxy groups -OCH3 is 1. The van der Waals surface area contributed by atoms with E-state index in [4.69, 9.17) is 10.5 Å². The second-order valence-electron chi connectivity index (χ2n) is 4.65. The van der Waals surface area contributed by atoms with Crippen LogP contribution in [0.25, 0.3) is 10.8 Å². The highest BCUT2D eigenvalue weighted by Crippen LogP contribution is 2.32. The van der Waals surface area contributed by atoms with Crippen molar-refractivity contribution in [1.82, 2.24) is 0 Å². The summed E-state index contributed by atoms with van der Waals surface area (Å²) in [4.78, 5) is 0. The molecule has 2 N–H and O–H groups in total. The molecule has 0 unspecified atom stereocenters. The van der Waals surface area contributed by atoms with Gasteiger partial charge >= 0.3 is 0 Å². The number of benzene rings is 2. The van der Waals surface area contributed by atoms with Gasteiger partial charge in [-0.3, -0.25) is 0 Å². The van der Waals surface area contributed by atoms with Gasteiger partial charge in [0.2, 0.25) is 0 Å². The fourth-order valence-corrected chi connectivity index (χ4v) is 2.38. The minimum absolute atomic E-state index is 0. The van der Waals surface area contributed by atoms with Gasteiger partial charge in [0.15, 0.2) is 0 Å². The number of halogens is 1. The van der Waals surface area contributed by atoms with E-state index in [1.165, 1.54) is 23.8 Å². The van der Waals surface area contributed by atoms with Crippen molar-refractivity contribution in [3.8, 4) is 5.75 Å². The maximum absolute atomic E-state index is 6.30. The van der Waals surface area contributed by atoms with Gasteiger partial charge in [0, 0.05) is 11.4 Å². The summed E-state index contributed by atoms with van der Waals surface area (Å²) in [5.41, 5.74) is 7.52. The third-order valence-electron chi connectivity index (χ3n) is 3.41. The van der Waals surface area contributed by atoms with Crippen molar-refractivity contribution in [2.24, 2.45) is 5.73 Å². The Bertz CT molecular complexity index is 527. The molecule has 2 aromatic rings. The van der Waals surface area contributed by atoms with Crippen LogP contribution in [0.15, 0.2) is 36.4 Å². The van der Waals surface area contributed by atoms with Crippen molar-refractivity contribution in [3.63, 3.8) is 0 Å². The number of rotatable bonds is 5. The van der Waals surface area contributed by atoms with Gasteiger partial charge in [-0.1, -0.05) is 50.1 Å². The topological polar surface area (TPSA) is 35.2 Å². The van der Waals surface area contributed by atoms with E-state index in [2.05, 4.69) is 31.2 Å². The lowest BCUT2D eigenvalue weighted by molar-refractivity contribution is 0.419. The maximum Gasteiger partial charge on any atom is 0.126 e. The zero-order valence-electron chi connectivity index (χ0n) is 11.6. The Morgan fingerprint density at radius 2 is 1.79 bits per heavy atom. The van der Waals surface area contributed by atoms with Crippen LogP contribution in [0, 0.1) is 0 Å². The number of ether oxygens (including phenoxy) is 1. The molecule has 0 saturated carbocycles. The lowest BCUT2D eigenvalue weighted by atomic mass is 9.95. The minimum Gasteiger partial charge on any atom is -0.496 e. The van der Waals surface area contributed by atoms with Crippen molar-refractivity contribution in [1.29, 1.82) is 0 Å². The Kier molecular flexibility index (Phi) is 6.13. The Morgan fingerprint density at radius 1 is 1.11 bits per heavy atom. The van der Waals surface area contributed by atoms with Crippen molar-refractivity contribution in [2.45, 2.75) is 32.2 Å². The molecule has 19 heavy (non-hydrogen) atoms. The molecule has 0 radical (unpaired) electrons. The van der Waals surface area contributed by atoms with E-state index < -0.39 is 0 Å². The van der Waals surface area contributed by atoms with Crippen molar-refractivity contribution in [2.75, 3.05) is 7.11 Å². The molecule has 0 aromatic heterocycles. The molecule has 0 heterocycles. The summed E-state index contributed by atoms with van der Waals surface area (Å²) < 4.78 is 5.40. The van der Waals surface area contributed by atoms with Gasteiger partial charge in [0.05, 0.1) is 7.11 Å². The summed E-state index contributed by atoms with van der Waals surface area (Å²) in [6, 6.07) is 12.5. The van der Waals surface area contributed by atoms with Crippen LogP contribution in [-0.2, 0) is 0 Å². The quantitative estimate of drug-likeness (QED) is 0.877. The van der Waals surface area contributed by atoms with Crippen LogP contribution in [0.5, 0.6) is 5.75 Å². The Labute approximate surface area is 121 Å². The average Bonchev–Trinajstić information content (AvgIpc) is 2.43. The Morgan fingerprint density at radius 3 is 2.42 bits per heavy atom. The van der Waals surface area contributed by atoms with Crippen molar-refractivity contribution < 1.29 is 4.74 Å². The zero-order valence-corrected chi connectivity index (χ0v) is 12.4. The van der Waals surface area contributed by atoms with Gasteiger partial charge in [0.25, 0.3) is 0 Å². The Balaban J connectivity index is 0.00000180. The highest BCUT2D eigenvalue weighted by atomic mass is 35.5. The second kappa shape index (κ2) is 7.37. The summed E-state index contributed by atoms with van der Waals surface area (Å²) in [5, 5.41) is 2.35. The largest absolute Gasteiger partial charge is 0.496 e. The third-order valence-corrected chi connectivity index (χ3v) is 3.41. The van der Waals surface area contributed by atoms with Gasteiger partial charge < -0.3 is 10.5 Å². The SMILES string of the molecule is CCCC[C@@H](N)c1ccc(OC)c2ccccc12.Cl. The van der Waals surface area contributed by atoms with Crippen LogP contribution in [0.2, 0.25) is 0 Å². The molecule has 0 aliphatic rings. The highest BCUT2D eigenvalue weighted by molar-refractivity contribution is 5.91. The van der Waals surface area contributed by atoms with Crippen molar-refractivity contribution >= 4 is 23.2 Å². The first-order chi connectivity index (χ1) is 8.77. The number of fused-ring (bicyclic) bond motifs is 1. The third kappa shape index (κ3) is 3.40. The molecule has 0 aliphatic heterocycles. The molecule has 0 fully saturated rings. The summed E-state index contributed by atoms with van der Waals surface area (Å²) in [6.45, 7) is 2.19. The molecule has 0 amide bonds. The molecule has 2 aromatic carbocycles. The lowest BCUT2D eigenvalue weighted by Gasteiger charge is -2.16. The summed E-state index contributed by atoms with van der Waals surface area (Å²) in [7, 11) is 1.71. The molecular formula is C16H22ClNO. The molecule has 1 atom stereocenters. The average molecular weight is 280 g/mol. The predicted molar refractivity (Wildman–Crippen MR) is 84.2 cm³/mol. The van der Waals surface area contributed by atoms with E-state index in [9.17, 15) is 0 Å². The van der Waals surface area contributed by atoms with E-state index in [0.717, 1.165) is 17.6 Å². The van der Waals surface area contributed by atoms with Crippen LogP contribution < -0.4 is 10.5 Å². The summed E-state index contributed by atoms with van der Waals surface area (Å²) in [5.74, 6) is 0.914. The Hall–Kier alpha value is -1.25. The van der Waals surface area contributed by atoms with Crippen LogP contribution in [0.4, 0.5) is 0 Å². The molecule has 3 heteroatoms. The molecule has 2 nitrogen and oxygen atoms in total. The molecule has 2 rings (SSSR count). The highest BCUT2D eigenvalue weighted by Gasteiger charge is 2.11. The van der Waals surface area contributed by atoms with Gasteiger partial charge in [-0.05, 0) is 23.4 Å². The standard InChI is InChI=1S/C16H21NO.ClH/c1-3-4-9-15(17)13-10-11-16(18-2)14-8-6-5-7-12(13)14;/h5-8,10-11,15H,3-4,9,17H2,1-2H3;1H/t15-;/m1./s1. The number of unbranched alkanes of at least 4 members (excludes halogenated alkanes) is 1. The zero-order chi connectivity index (χ0) is 13.0. The minimum atomic E-state index is 0. The first kappa shape index (κ1) is 15.8. The maximum atomic E-state index is 6.30. The summed E-state index contributed by atoms with van der Waals surface area (Å²) >= 11 is 0. The van der Waals surface area contributed by atoms with E-state index in [1.807, 2.05) is 12.1 Å². The van der Waals surface area contributed by atoms with Crippen LogP contribution >= 0.6 is 12.4 Å². The van der Waals surface area contributed by atoms with Gasteiger partial charge in [0.1, 0.15) is 5.75 Å². The number of nitrogens with two attached hydrogens (primary N) is 1. The van der Waals surface area contributed by atoms with E-state index in [-0.39, 0.29) is 18.4 Å². The van der Waals surface area contributed by atoms with E-state index in [0.29, 0.717) is 0 Å². The first-order valence-corrected chi connectivity index (χ1v) is 6.59. The number of hydrogen-bond acceptors (Lipinski definition) is 2. The molecular weight excluding hydrogens is 258 g/mol. The van der Waals surface area contributed by atoms with Gasteiger partial charge in [-0.25, -0.2) is 0 Å².